The van der Waals surface area contributed by atoms with E-state index >= 15 is 0 Å². The normalized spacial score (nSPS) is 14.3. The van der Waals surface area contributed by atoms with Gasteiger partial charge in [-0.15, -0.1) is 0 Å². The Morgan fingerprint density at radius 2 is 1.76 bits per heavy atom. The molecule has 1 amide bonds. The predicted octanol–water partition coefficient (Wildman–Crippen LogP) is 3.67. The van der Waals surface area contributed by atoms with Gasteiger partial charge in [0.25, 0.3) is 5.91 Å². The zero-order valence-corrected chi connectivity index (χ0v) is 16.5. The molecular weight excluding hydrogens is 366 g/mol. The number of ether oxygens (including phenoxy) is 1. The number of carbonyl (C=O) groups excluding carboxylic acids is 2. The van der Waals surface area contributed by atoms with Crippen LogP contribution in [0.15, 0.2) is 60.7 Å². The van der Waals surface area contributed by atoms with Crippen molar-refractivity contribution < 1.29 is 14.3 Å². The summed E-state index contributed by atoms with van der Waals surface area (Å²) in [6, 6.07) is 18.3. The topological polar surface area (TPSA) is 73.2 Å². The summed E-state index contributed by atoms with van der Waals surface area (Å²) in [5, 5.41) is 7.37. The number of amides is 1. The van der Waals surface area contributed by atoms with E-state index in [0.717, 1.165) is 29.9 Å². The average molecular weight is 389 g/mol. The quantitative estimate of drug-likeness (QED) is 0.653. The van der Waals surface area contributed by atoms with Crippen molar-refractivity contribution in [2.24, 2.45) is 0 Å². The van der Waals surface area contributed by atoms with Crippen LogP contribution in [0.2, 0.25) is 0 Å². The van der Waals surface area contributed by atoms with Gasteiger partial charge in [-0.25, -0.2) is 9.48 Å². The summed E-state index contributed by atoms with van der Waals surface area (Å²) in [5.41, 5.74) is 3.84. The summed E-state index contributed by atoms with van der Waals surface area (Å²) in [4.78, 5) is 25.4. The molecule has 1 N–H and O–H groups in total. The molecule has 0 saturated heterocycles. The van der Waals surface area contributed by atoms with E-state index in [2.05, 4.69) is 10.4 Å². The third-order valence-electron chi connectivity index (χ3n) is 4.85. The van der Waals surface area contributed by atoms with Gasteiger partial charge >= 0.3 is 5.97 Å². The second-order valence-corrected chi connectivity index (χ2v) is 7.36. The molecule has 2 aromatic carbocycles. The first kappa shape index (κ1) is 18.9. The van der Waals surface area contributed by atoms with Gasteiger partial charge in [0.15, 0.2) is 0 Å². The van der Waals surface area contributed by atoms with E-state index in [1.807, 2.05) is 54.9 Å². The smallest absolute Gasteiger partial charge is 0.339 e. The average Bonchev–Trinajstić information content (AvgIpc) is 3.48. The summed E-state index contributed by atoms with van der Waals surface area (Å²) in [6.45, 7) is 3.91. The fraction of sp³-hybridized carbons (Fsp3) is 0.261. The molecule has 6 heteroatoms. The van der Waals surface area contributed by atoms with Crippen molar-refractivity contribution in [2.45, 2.75) is 38.8 Å². The Morgan fingerprint density at radius 3 is 2.34 bits per heavy atom. The van der Waals surface area contributed by atoms with Crippen LogP contribution in [0.1, 0.15) is 46.3 Å². The van der Waals surface area contributed by atoms with Crippen LogP contribution < -0.4 is 5.32 Å². The summed E-state index contributed by atoms with van der Waals surface area (Å²) < 4.78 is 7.43. The number of aromatic nitrogens is 2. The molecule has 0 unspecified atom stereocenters. The van der Waals surface area contributed by atoms with Gasteiger partial charge < -0.3 is 10.1 Å². The van der Waals surface area contributed by atoms with Gasteiger partial charge in [-0.1, -0.05) is 30.3 Å². The van der Waals surface area contributed by atoms with Crippen LogP contribution >= 0.6 is 0 Å². The van der Waals surface area contributed by atoms with Crippen LogP contribution in [0.5, 0.6) is 0 Å². The van der Waals surface area contributed by atoms with Gasteiger partial charge in [-0.3, -0.25) is 4.79 Å². The lowest BCUT2D eigenvalue weighted by molar-refractivity contribution is -0.130. The molecule has 6 nitrogen and oxygen atoms in total. The van der Waals surface area contributed by atoms with Crippen molar-refractivity contribution in [1.82, 2.24) is 15.1 Å². The Hall–Kier alpha value is -3.41. The van der Waals surface area contributed by atoms with Crippen LogP contribution in [0.4, 0.5) is 0 Å². The van der Waals surface area contributed by atoms with Crippen LogP contribution in [0, 0.1) is 13.8 Å². The standard InChI is InChI=1S/C23H23N3O3/c1-15-14-16(2)26(25-15)20-12-8-18(9-13-20)23(28)29-21(17-6-4-3-5-7-17)22(27)24-19-10-11-19/h3-9,12-14,19,21H,10-11H2,1-2H3,(H,24,27)/t21-/m0/s1. The van der Waals surface area contributed by atoms with Crippen molar-refractivity contribution in [1.29, 1.82) is 0 Å². The highest BCUT2D eigenvalue weighted by Crippen LogP contribution is 2.24. The molecule has 1 aliphatic rings. The SMILES string of the molecule is Cc1cc(C)n(-c2ccc(C(=O)O[C@H](C(=O)NC3CC3)c3ccccc3)cc2)n1. The molecule has 3 aromatic rings. The minimum atomic E-state index is -0.972. The number of aryl methyl sites for hydroxylation is 2. The number of nitrogens with one attached hydrogen (secondary N) is 1. The Bertz CT molecular complexity index is 1020. The fourth-order valence-corrected chi connectivity index (χ4v) is 3.21. The van der Waals surface area contributed by atoms with Crippen molar-refractivity contribution in [2.75, 3.05) is 0 Å². The van der Waals surface area contributed by atoms with Crippen LogP contribution in [-0.2, 0) is 9.53 Å². The first-order valence-corrected chi connectivity index (χ1v) is 9.71. The van der Waals surface area contributed by atoms with E-state index in [0.29, 0.717) is 11.1 Å². The van der Waals surface area contributed by atoms with Crippen LogP contribution in [-0.4, -0.2) is 27.7 Å². The highest BCUT2D eigenvalue weighted by Gasteiger charge is 2.31. The molecule has 1 aromatic heterocycles. The molecule has 1 heterocycles. The second-order valence-electron chi connectivity index (χ2n) is 7.36. The number of esters is 1. The Kier molecular flexibility index (Phi) is 5.16. The van der Waals surface area contributed by atoms with Gasteiger partial charge in [0.2, 0.25) is 6.10 Å². The predicted molar refractivity (Wildman–Crippen MR) is 109 cm³/mol. The van der Waals surface area contributed by atoms with Crippen molar-refractivity contribution in [3.8, 4) is 5.69 Å². The van der Waals surface area contributed by atoms with Crippen molar-refractivity contribution >= 4 is 11.9 Å². The molecule has 0 aliphatic heterocycles. The lowest BCUT2D eigenvalue weighted by atomic mass is 10.1. The van der Waals surface area contributed by atoms with Gasteiger partial charge in [-0.2, -0.15) is 5.10 Å². The third-order valence-corrected chi connectivity index (χ3v) is 4.85. The van der Waals surface area contributed by atoms with Crippen molar-refractivity contribution in [3.05, 3.63) is 83.2 Å². The number of rotatable bonds is 6. The number of nitrogens with zero attached hydrogens (tertiary/aromatic N) is 2. The van der Waals surface area contributed by atoms with Gasteiger partial charge in [0.1, 0.15) is 0 Å². The monoisotopic (exact) mass is 389 g/mol. The molecule has 29 heavy (non-hydrogen) atoms. The van der Waals surface area contributed by atoms with E-state index in [1.54, 1.807) is 24.3 Å². The molecule has 1 aliphatic carbocycles. The first-order valence-electron chi connectivity index (χ1n) is 9.71. The van der Waals surface area contributed by atoms with Crippen LogP contribution in [0.25, 0.3) is 5.69 Å². The number of hydrogen-bond donors (Lipinski definition) is 1. The summed E-state index contributed by atoms with van der Waals surface area (Å²) in [7, 11) is 0. The van der Waals surface area contributed by atoms with Gasteiger partial charge in [0, 0.05) is 17.3 Å². The largest absolute Gasteiger partial charge is 0.444 e. The van der Waals surface area contributed by atoms with E-state index in [9.17, 15) is 9.59 Å². The molecule has 1 atom stereocenters. The highest BCUT2D eigenvalue weighted by atomic mass is 16.5. The zero-order valence-electron chi connectivity index (χ0n) is 16.5. The fourth-order valence-electron chi connectivity index (χ4n) is 3.21. The Morgan fingerprint density at radius 1 is 1.07 bits per heavy atom. The summed E-state index contributed by atoms with van der Waals surface area (Å²) in [6.07, 6.45) is 0.962. The zero-order chi connectivity index (χ0) is 20.4. The molecule has 4 rings (SSSR count). The molecule has 0 spiro atoms. The molecule has 1 saturated carbocycles. The Labute approximate surface area is 169 Å². The minimum absolute atomic E-state index is 0.187. The number of benzene rings is 2. The lowest BCUT2D eigenvalue weighted by Gasteiger charge is -2.18. The highest BCUT2D eigenvalue weighted by molar-refractivity contribution is 5.93. The summed E-state index contributed by atoms with van der Waals surface area (Å²) >= 11 is 0. The molecule has 1 fully saturated rings. The molecule has 0 bridgehead atoms. The molecule has 148 valence electrons. The van der Waals surface area contributed by atoms with Crippen LogP contribution in [0.3, 0.4) is 0 Å². The number of carbonyl (C=O) groups is 2. The van der Waals surface area contributed by atoms with Gasteiger partial charge in [-0.05, 0) is 57.0 Å². The van der Waals surface area contributed by atoms with Crippen molar-refractivity contribution in [3.63, 3.8) is 0 Å². The van der Waals surface area contributed by atoms with E-state index in [1.165, 1.54) is 0 Å². The lowest BCUT2D eigenvalue weighted by Crippen LogP contribution is -2.33. The van der Waals surface area contributed by atoms with Gasteiger partial charge in [0.05, 0.1) is 16.9 Å². The maximum atomic E-state index is 12.7. The number of hydrogen-bond acceptors (Lipinski definition) is 4. The first-order chi connectivity index (χ1) is 14.0. The molecular formula is C23H23N3O3. The van der Waals surface area contributed by atoms with E-state index in [4.69, 9.17) is 4.74 Å². The second kappa shape index (κ2) is 7.91. The molecule has 0 radical (unpaired) electrons. The Balaban J connectivity index is 1.52. The third kappa shape index (κ3) is 4.37. The maximum absolute atomic E-state index is 12.7. The van der Waals surface area contributed by atoms with E-state index < -0.39 is 12.1 Å². The van der Waals surface area contributed by atoms with E-state index in [-0.39, 0.29) is 11.9 Å². The maximum Gasteiger partial charge on any atom is 0.339 e. The summed E-state index contributed by atoms with van der Waals surface area (Å²) in [5.74, 6) is -0.823. The minimum Gasteiger partial charge on any atom is -0.444 e.